The second-order valence-corrected chi connectivity index (χ2v) is 6.12. The molecule has 1 aliphatic rings. The molecule has 0 saturated carbocycles. The molecule has 5 nitrogen and oxygen atoms in total. The van der Waals surface area contributed by atoms with Gasteiger partial charge in [0.25, 0.3) is 5.91 Å². The first-order chi connectivity index (χ1) is 11.5. The third-order valence-electron chi connectivity index (χ3n) is 4.07. The third kappa shape index (κ3) is 3.58. The average Bonchev–Trinajstić information content (AvgIpc) is 2.62. The number of nitrogens with zero attached hydrogens (tertiary/aromatic N) is 1. The number of carbonyl (C=O) groups excluding carboxylic acids is 1. The smallest absolute Gasteiger partial charge is 0.322 e. The van der Waals surface area contributed by atoms with Crippen molar-refractivity contribution in [3.05, 3.63) is 59.1 Å². The van der Waals surface area contributed by atoms with Gasteiger partial charge in [-0.15, -0.1) is 0 Å². The van der Waals surface area contributed by atoms with E-state index in [-0.39, 0.29) is 12.5 Å². The molecule has 2 aromatic carbocycles. The van der Waals surface area contributed by atoms with Crippen LogP contribution in [0.5, 0.6) is 0 Å². The standard InChI is InChI=1S/C18H17ClN2O3/c19-15-7-5-13(6-8-15)12-1-3-14(4-2-12)17(22)21-10-9-20-16(11-21)18(23)24/h1-8,16,20H,9-11H2,(H,23,24). The van der Waals surface area contributed by atoms with E-state index in [0.29, 0.717) is 23.7 Å². The highest BCUT2D eigenvalue weighted by Gasteiger charge is 2.28. The van der Waals surface area contributed by atoms with Crippen LogP contribution in [0.25, 0.3) is 11.1 Å². The number of hydrogen-bond donors (Lipinski definition) is 2. The summed E-state index contributed by atoms with van der Waals surface area (Å²) in [5.74, 6) is -1.09. The van der Waals surface area contributed by atoms with Gasteiger partial charge in [0.15, 0.2) is 0 Å². The number of piperazine rings is 1. The molecular formula is C18H17ClN2O3. The van der Waals surface area contributed by atoms with Crippen molar-refractivity contribution >= 4 is 23.5 Å². The van der Waals surface area contributed by atoms with E-state index >= 15 is 0 Å². The summed E-state index contributed by atoms with van der Waals surface area (Å²) in [6.45, 7) is 1.15. The molecule has 1 fully saturated rings. The Labute approximate surface area is 144 Å². The quantitative estimate of drug-likeness (QED) is 0.897. The fraction of sp³-hybridized carbons (Fsp3) is 0.222. The van der Waals surface area contributed by atoms with E-state index < -0.39 is 12.0 Å². The highest BCUT2D eigenvalue weighted by atomic mass is 35.5. The van der Waals surface area contributed by atoms with E-state index in [1.807, 2.05) is 36.4 Å². The number of carboxylic acid groups (broad SMARTS) is 1. The molecule has 0 radical (unpaired) electrons. The fourth-order valence-electron chi connectivity index (χ4n) is 2.73. The summed E-state index contributed by atoms with van der Waals surface area (Å²) in [7, 11) is 0. The summed E-state index contributed by atoms with van der Waals surface area (Å²) in [5.41, 5.74) is 2.57. The second kappa shape index (κ2) is 7.03. The highest BCUT2D eigenvalue weighted by Crippen LogP contribution is 2.22. The molecule has 1 heterocycles. The fourth-order valence-corrected chi connectivity index (χ4v) is 2.86. The zero-order valence-corrected chi connectivity index (χ0v) is 13.7. The van der Waals surface area contributed by atoms with Crippen LogP contribution in [0.4, 0.5) is 0 Å². The van der Waals surface area contributed by atoms with Crippen molar-refractivity contribution in [1.82, 2.24) is 10.2 Å². The molecule has 0 aliphatic carbocycles. The Hall–Kier alpha value is -2.37. The van der Waals surface area contributed by atoms with Crippen molar-refractivity contribution < 1.29 is 14.7 Å². The molecular weight excluding hydrogens is 328 g/mol. The largest absolute Gasteiger partial charge is 0.480 e. The molecule has 0 bridgehead atoms. The van der Waals surface area contributed by atoms with Crippen LogP contribution in [0.1, 0.15) is 10.4 Å². The van der Waals surface area contributed by atoms with E-state index in [1.54, 1.807) is 17.0 Å². The lowest BCUT2D eigenvalue weighted by Gasteiger charge is -2.31. The number of halogens is 1. The minimum atomic E-state index is -0.939. The van der Waals surface area contributed by atoms with Crippen molar-refractivity contribution in [3.8, 4) is 11.1 Å². The van der Waals surface area contributed by atoms with E-state index in [4.69, 9.17) is 16.7 Å². The topological polar surface area (TPSA) is 69.6 Å². The summed E-state index contributed by atoms with van der Waals surface area (Å²) in [6, 6.07) is 14.1. The van der Waals surface area contributed by atoms with E-state index in [2.05, 4.69) is 5.32 Å². The van der Waals surface area contributed by atoms with Gasteiger partial charge in [0, 0.05) is 30.2 Å². The molecule has 6 heteroatoms. The summed E-state index contributed by atoms with van der Waals surface area (Å²) in [5, 5.41) is 12.6. The number of hydrogen-bond acceptors (Lipinski definition) is 3. The zero-order chi connectivity index (χ0) is 17.1. The number of benzene rings is 2. The van der Waals surface area contributed by atoms with Gasteiger partial charge >= 0.3 is 5.97 Å². The second-order valence-electron chi connectivity index (χ2n) is 5.68. The molecule has 3 rings (SSSR count). The number of rotatable bonds is 3. The summed E-state index contributed by atoms with van der Waals surface area (Å²) in [4.78, 5) is 25.2. The summed E-state index contributed by atoms with van der Waals surface area (Å²) < 4.78 is 0. The van der Waals surface area contributed by atoms with Crippen molar-refractivity contribution in [3.63, 3.8) is 0 Å². The van der Waals surface area contributed by atoms with E-state index in [0.717, 1.165) is 11.1 Å². The van der Waals surface area contributed by atoms with Gasteiger partial charge < -0.3 is 15.3 Å². The molecule has 0 aromatic heterocycles. The molecule has 1 aliphatic heterocycles. The van der Waals surface area contributed by atoms with Crippen LogP contribution in [-0.4, -0.2) is 47.6 Å². The van der Waals surface area contributed by atoms with Gasteiger partial charge in [-0.3, -0.25) is 9.59 Å². The predicted molar refractivity (Wildman–Crippen MR) is 92.2 cm³/mol. The van der Waals surface area contributed by atoms with Gasteiger partial charge in [-0.2, -0.15) is 0 Å². The van der Waals surface area contributed by atoms with E-state index in [1.165, 1.54) is 0 Å². The predicted octanol–water partition coefficient (Wildman–Crippen LogP) is 2.51. The van der Waals surface area contributed by atoms with Gasteiger partial charge in [0.1, 0.15) is 6.04 Å². The minimum absolute atomic E-state index is 0.148. The number of carboxylic acids is 1. The van der Waals surface area contributed by atoms with Crippen LogP contribution >= 0.6 is 11.6 Å². The van der Waals surface area contributed by atoms with Gasteiger partial charge in [0.05, 0.1) is 0 Å². The van der Waals surface area contributed by atoms with Gasteiger partial charge in [-0.1, -0.05) is 35.9 Å². The van der Waals surface area contributed by atoms with Crippen molar-refractivity contribution in [2.24, 2.45) is 0 Å². The number of amides is 1. The Bertz CT molecular complexity index is 744. The van der Waals surface area contributed by atoms with Crippen LogP contribution in [0.2, 0.25) is 5.02 Å². The molecule has 1 amide bonds. The Balaban J connectivity index is 1.74. The summed E-state index contributed by atoms with van der Waals surface area (Å²) >= 11 is 5.89. The maximum Gasteiger partial charge on any atom is 0.322 e. The van der Waals surface area contributed by atoms with Crippen molar-refractivity contribution in [1.29, 1.82) is 0 Å². The van der Waals surface area contributed by atoms with Crippen LogP contribution in [0.15, 0.2) is 48.5 Å². The first-order valence-electron chi connectivity index (χ1n) is 7.66. The Morgan fingerprint density at radius 3 is 2.21 bits per heavy atom. The minimum Gasteiger partial charge on any atom is -0.480 e. The summed E-state index contributed by atoms with van der Waals surface area (Å²) in [6.07, 6.45) is 0. The zero-order valence-electron chi connectivity index (χ0n) is 12.9. The monoisotopic (exact) mass is 344 g/mol. The van der Waals surface area contributed by atoms with Crippen LogP contribution in [0.3, 0.4) is 0 Å². The van der Waals surface area contributed by atoms with E-state index in [9.17, 15) is 9.59 Å². The molecule has 24 heavy (non-hydrogen) atoms. The lowest BCUT2D eigenvalue weighted by atomic mass is 10.0. The maximum absolute atomic E-state index is 12.5. The third-order valence-corrected chi connectivity index (χ3v) is 4.32. The molecule has 1 atom stereocenters. The molecule has 1 unspecified atom stereocenters. The average molecular weight is 345 g/mol. The van der Waals surface area contributed by atoms with Crippen molar-refractivity contribution in [2.75, 3.05) is 19.6 Å². The molecule has 2 aromatic rings. The lowest BCUT2D eigenvalue weighted by molar-refractivity contribution is -0.140. The first-order valence-corrected chi connectivity index (χ1v) is 8.04. The first kappa shape index (κ1) is 16.5. The Morgan fingerprint density at radius 1 is 1.04 bits per heavy atom. The van der Waals surface area contributed by atoms with Crippen LogP contribution < -0.4 is 5.32 Å². The normalized spacial score (nSPS) is 17.5. The van der Waals surface area contributed by atoms with Gasteiger partial charge in [-0.05, 0) is 35.4 Å². The molecule has 1 saturated heterocycles. The highest BCUT2D eigenvalue weighted by molar-refractivity contribution is 6.30. The number of aliphatic carboxylic acids is 1. The SMILES string of the molecule is O=C(O)C1CN(C(=O)c2ccc(-c3ccc(Cl)cc3)cc2)CCN1. The number of carbonyl (C=O) groups is 2. The maximum atomic E-state index is 12.5. The molecule has 0 spiro atoms. The number of nitrogens with one attached hydrogen (secondary N) is 1. The Morgan fingerprint density at radius 2 is 1.62 bits per heavy atom. The molecule has 124 valence electrons. The van der Waals surface area contributed by atoms with Crippen LogP contribution in [-0.2, 0) is 4.79 Å². The van der Waals surface area contributed by atoms with Crippen LogP contribution in [0, 0.1) is 0 Å². The molecule has 2 N–H and O–H groups in total. The van der Waals surface area contributed by atoms with Gasteiger partial charge in [-0.25, -0.2) is 0 Å². The lowest BCUT2D eigenvalue weighted by Crippen LogP contribution is -2.55. The van der Waals surface area contributed by atoms with Gasteiger partial charge in [0.2, 0.25) is 0 Å². The Kier molecular flexibility index (Phi) is 4.83. The van der Waals surface area contributed by atoms with Crippen molar-refractivity contribution in [2.45, 2.75) is 6.04 Å².